The van der Waals surface area contributed by atoms with Crippen LogP contribution >= 0.6 is 11.8 Å². The van der Waals surface area contributed by atoms with E-state index in [2.05, 4.69) is 9.97 Å². The largest absolute Gasteiger partial charge is 0.417 e. The zero-order valence-corrected chi connectivity index (χ0v) is 10.5. The van der Waals surface area contributed by atoms with E-state index in [1.165, 1.54) is 24.2 Å². The summed E-state index contributed by atoms with van der Waals surface area (Å²) >= 11 is 1.21. The molecule has 2 aromatic rings. The van der Waals surface area contributed by atoms with Gasteiger partial charge in [0.1, 0.15) is 0 Å². The highest BCUT2D eigenvalue weighted by molar-refractivity contribution is 7.99. The topological polar surface area (TPSA) is 28.7 Å². The standard InChI is InChI=1S/C13H9F3N2S/c14-13(15,16)10-3-1-2-9-8(4-5-19-12(9)10)11-6-17-7-18-11/h1-4,6-7H,5H2,(H,17,18). The average molecular weight is 282 g/mol. The number of alkyl halides is 3. The van der Waals surface area contributed by atoms with Gasteiger partial charge < -0.3 is 4.98 Å². The van der Waals surface area contributed by atoms with Crippen molar-refractivity contribution in [2.75, 3.05) is 5.75 Å². The molecule has 1 aromatic carbocycles. The Morgan fingerprint density at radius 1 is 1.26 bits per heavy atom. The molecule has 0 amide bonds. The molecule has 1 aliphatic rings. The number of imidazole rings is 1. The fourth-order valence-electron chi connectivity index (χ4n) is 2.10. The highest BCUT2D eigenvalue weighted by Gasteiger charge is 2.35. The van der Waals surface area contributed by atoms with Crippen LogP contribution in [0.25, 0.3) is 5.57 Å². The van der Waals surface area contributed by atoms with Gasteiger partial charge >= 0.3 is 6.18 Å². The molecule has 0 radical (unpaired) electrons. The van der Waals surface area contributed by atoms with E-state index < -0.39 is 11.7 Å². The molecule has 1 aliphatic heterocycles. The van der Waals surface area contributed by atoms with Gasteiger partial charge in [0.25, 0.3) is 0 Å². The van der Waals surface area contributed by atoms with Crippen molar-refractivity contribution in [3.05, 3.63) is 53.6 Å². The molecule has 2 nitrogen and oxygen atoms in total. The number of rotatable bonds is 1. The van der Waals surface area contributed by atoms with Gasteiger partial charge in [0.2, 0.25) is 0 Å². The summed E-state index contributed by atoms with van der Waals surface area (Å²) in [6.45, 7) is 0. The van der Waals surface area contributed by atoms with Crippen LogP contribution in [0.2, 0.25) is 0 Å². The van der Waals surface area contributed by atoms with E-state index in [1.54, 1.807) is 12.3 Å². The number of fused-ring (bicyclic) bond motifs is 1. The first-order valence-corrected chi connectivity index (χ1v) is 6.58. The van der Waals surface area contributed by atoms with Crippen LogP contribution in [0.5, 0.6) is 0 Å². The second kappa shape index (κ2) is 4.45. The van der Waals surface area contributed by atoms with E-state index in [0.717, 1.165) is 17.3 Å². The summed E-state index contributed by atoms with van der Waals surface area (Å²) in [7, 11) is 0. The molecule has 98 valence electrons. The zero-order valence-electron chi connectivity index (χ0n) is 9.66. The number of hydrogen-bond donors (Lipinski definition) is 1. The van der Waals surface area contributed by atoms with Crippen LogP contribution in [-0.2, 0) is 6.18 Å². The number of thioether (sulfide) groups is 1. The van der Waals surface area contributed by atoms with Crippen LogP contribution in [0, 0.1) is 0 Å². The smallest absolute Gasteiger partial charge is 0.345 e. The normalized spacial score (nSPS) is 15.0. The first kappa shape index (κ1) is 12.3. The van der Waals surface area contributed by atoms with E-state index in [9.17, 15) is 13.2 Å². The maximum Gasteiger partial charge on any atom is 0.417 e. The van der Waals surface area contributed by atoms with Crippen molar-refractivity contribution in [3.8, 4) is 0 Å². The lowest BCUT2D eigenvalue weighted by molar-refractivity contribution is -0.139. The maximum atomic E-state index is 13.0. The van der Waals surface area contributed by atoms with E-state index >= 15 is 0 Å². The summed E-state index contributed by atoms with van der Waals surface area (Å²) in [5.41, 5.74) is 1.55. The Hall–Kier alpha value is -1.69. The van der Waals surface area contributed by atoms with E-state index in [-0.39, 0.29) is 0 Å². The summed E-state index contributed by atoms with van der Waals surface area (Å²) in [4.78, 5) is 7.15. The quantitative estimate of drug-likeness (QED) is 0.857. The number of H-pyrrole nitrogens is 1. The predicted molar refractivity (Wildman–Crippen MR) is 67.8 cm³/mol. The minimum Gasteiger partial charge on any atom is -0.345 e. The second-order valence-corrected chi connectivity index (χ2v) is 5.10. The third-order valence-electron chi connectivity index (χ3n) is 2.91. The Kier molecular flexibility index (Phi) is 2.89. The summed E-state index contributed by atoms with van der Waals surface area (Å²) < 4.78 is 39.0. The second-order valence-electron chi connectivity index (χ2n) is 4.07. The van der Waals surface area contributed by atoms with E-state index in [4.69, 9.17) is 0 Å². The molecule has 0 bridgehead atoms. The number of aromatic nitrogens is 2. The molecule has 0 fully saturated rings. The average Bonchev–Trinajstić information content (AvgIpc) is 2.90. The minimum atomic E-state index is -4.32. The highest BCUT2D eigenvalue weighted by atomic mass is 32.2. The summed E-state index contributed by atoms with van der Waals surface area (Å²) in [5, 5.41) is 0. The lowest BCUT2D eigenvalue weighted by Crippen LogP contribution is -2.10. The van der Waals surface area contributed by atoms with Gasteiger partial charge in [-0.15, -0.1) is 11.8 Å². The fraction of sp³-hybridized carbons (Fsp3) is 0.154. The summed E-state index contributed by atoms with van der Waals surface area (Å²) in [6, 6.07) is 4.28. The Morgan fingerprint density at radius 3 is 2.79 bits per heavy atom. The van der Waals surface area contributed by atoms with Crippen LogP contribution in [0.1, 0.15) is 16.8 Å². The molecule has 0 spiro atoms. The summed E-state index contributed by atoms with van der Waals surface area (Å²) in [6.07, 6.45) is 0.729. The molecule has 1 N–H and O–H groups in total. The molecule has 0 unspecified atom stereocenters. The molecule has 6 heteroatoms. The molecule has 1 aromatic heterocycles. The first-order chi connectivity index (χ1) is 9.07. The van der Waals surface area contributed by atoms with Crippen molar-refractivity contribution in [1.82, 2.24) is 9.97 Å². The molecule has 0 saturated heterocycles. The molecule has 0 atom stereocenters. The van der Waals surface area contributed by atoms with Crippen LogP contribution in [0.3, 0.4) is 0 Å². The van der Waals surface area contributed by atoms with E-state index in [0.29, 0.717) is 16.2 Å². The highest BCUT2D eigenvalue weighted by Crippen LogP contribution is 2.43. The van der Waals surface area contributed by atoms with Crippen molar-refractivity contribution in [1.29, 1.82) is 0 Å². The van der Waals surface area contributed by atoms with Gasteiger partial charge in [-0.1, -0.05) is 18.2 Å². The lowest BCUT2D eigenvalue weighted by atomic mass is 10.00. The van der Waals surface area contributed by atoms with Crippen molar-refractivity contribution in [2.45, 2.75) is 11.1 Å². The maximum absolute atomic E-state index is 13.0. The Labute approximate surface area is 111 Å². The van der Waals surface area contributed by atoms with E-state index in [1.807, 2.05) is 6.08 Å². The molecular formula is C13H9F3N2S. The van der Waals surface area contributed by atoms with Gasteiger partial charge in [0.05, 0.1) is 23.8 Å². The molecular weight excluding hydrogens is 273 g/mol. The number of halogens is 3. The van der Waals surface area contributed by atoms with Crippen LogP contribution in [0.4, 0.5) is 13.2 Å². The first-order valence-electron chi connectivity index (χ1n) is 5.59. The molecule has 19 heavy (non-hydrogen) atoms. The molecule has 0 saturated carbocycles. The van der Waals surface area contributed by atoms with Gasteiger partial charge in [-0.2, -0.15) is 13.2 Å². The Balaban J connectivity index is 2.17. The van der Waals surface area contributed by atoms with Crippen LogP contribution < -0.4 is 0 Å². The molecule has 0 aliphatic carbocycles. The van der Waals surface area contributed by atoms with Crippen LogP contribution in [0.15, 0.2) is 41.7 Å². The third-order valence-corrected chi connectivity index (χ3v) is 3.98. The molecule has 2 heterocycles. The zero-order chi connectivity index (χ0) is 13.5. The molecule has 3 rings (SSSR count). The van der Waals surface area contributed by atoms with Crippen LogP contribution in [-0.4, -0.2) is 15.7 Å². The lowest BCUT2D eigenvalue weighted by Gasteiger charge is -2.20. The number of benzene rings is 1. The van der Waals surface area contributed by atoms with Crippen molar-refractivity contribution in [2.24, 2.45) is 0 Å². The monoisotopic (exact) mass is 282 g/mol. The van der Waals surface area contributed by atoms with Gasteiger partial charge in [-0.3, -0.25) is 0 Å². The minimum absolute atomic E-state index is 0.294. The fourth-order valence-corrected chi connectivity index (χ4v) is 3.19. The third kappa shape index (κ3) is 2.16. The number of aromatic amines is 1. The van der Waals surface area contributed by atoms with Crippen molar-refractivity contribution >= 4 is 17.3 Å². The van der Waals surface area contributed by atoms with Crippen molar-refractivity contribution in [3.63, 3.8) is 0 Å². The summed E-state index contributed by atoms with van der Waals surface area (Å²) in [5.74, 6) is 0.522. The van der Waals surface area contributed by atoms with Gasteiger partial charge in [-0.05, 0) is 11.6 Å². The number of nitrogens with one attached hydrogen (secondary N) is 1. The Morgan fingerprint density at radius 2 is 2.11 bits per heavy atom. The predicted octanol–water partition coefficient (Wildman–Crippen LogP) is 3.97. The van der Waals surface area contributed by atoms with Gasteiger partial charge in [0.15, 0.2) is 0 Å². The van der Waals surface area contributed by atoms with Gasteiger partial charge in [-0.25, -0.2) is 4.98 Å². The SMILES string of the molecule is FC(F)(F)c1cccc2c1SCC=C2c1cnc[nH]1. The Bertz CT molecular complexity index is 630. The number of hydrogen-bond acceptors (Lipinski definition) is 2. The number of nitrogens with zero attached hydrogens (tertiary/aromatic N) is 1. The van der Waals surface area contributed by atoms with Crippen molar-refractivity contribution < 1.29 is 13.2 Å². The van der Waals surface area contributed by atoms with Gasteiger partial charge in [0, 0.05) is 16.2 Å².